The quantitative estimate of drug-likeness (QED) is 0.878. The lowest BCUT2D eigenvalue weighted by Gasteiger charge is -2.22. The highest BCUT2D eigenvalue weighted by Gasteiger charge is 2.17. The minimum Gasteiger partial charge on any atom is -0.307 e. The highest BCUT2D eigenvalue weighted by molar-refractivity contribution is 5.40. The van der Waals surface area contributed by atoms with Crippen LogP contribution in [0.3, 0.4) is 0 Å². The molecule has 0 aliphatic heterocycles. The third kappa shape index (κ3) is 3.05. The highest BCUT2D eigenvalue weighted by atomic mass is 19.1. The lowest BCUT2D eigenvalue weighted by Crippen LogP contribution is -2.23. The molecule has 0 heterocycles. The van der Waals surface area contributed by atoms with Gasteiger partial charge in [-0.2, -0.15) is 0 Å². The van der Waals surface area contributed by atoms with Crippen LogP contribution in [0.1, 0.15) is 35.2 Å². The molecule has 0 radical (unpaired) electrons. The van der Waals surface area contributed by atoms with Crippen molar-refractivity contribution in [2.24, 2.45) is 0 Å². The molecule has 2 aromatic carbocycles. The summed E-state index contributed by atoms with van der Waals surface area (Å²) in [6.07, 6.45) is 0. The Morgan fingerprint density at radius 2 is 1.35 bits per heavy atom. The zero-order valence-electron chi connectivity index (χ0n) is 12.0. The van der Waals surface area contributed by atoms with Gasteiger partial charge in [-0.3, -0.25) is 0 Å². The smallest absolute Gasteiger partial charge is 0.123 e. The molecule has 0 aromatic heterocycles. The van der Waals surface area contributed by atoms with Crippen LogP contribution in [-0.2, 0) is 0 Å². The molecule has 1 nitrogen and oxygen atoms in total. The van der Waals surface area contributed by atoms with Gasteiger partial charge in [0.15, 0.2) is 0 Å². The van der Waals surface area contributed by atoms with E-state index in [0.29, 0.717) is 0 Å². The van der Waals surface area contributed by atoms with Crippen LogP contribution in [0, 0.1) is 25.5 Å². The van der Waals surface area contributed by atoms with E-state index in [-0.39, 0.29) is 17.7 Å². The van der Waals surface area contributed by atoms with Gasteiger partial charge in [-0.1, -0.05) is 19.1 Å². The van der Waals surface area contributed by atoms with E-state index in [4.69, 9.17) is 0 Å². The van der Waals surface area contributed by atoms with Crippen LogP contribution in [0.25, 0.3) is 0 Å². The van der Waals surface area contributed by atoms with Crippen molar-refractivity contribution in [3.8, 4) is 0 Å². The third-order valence-electron chi connectivity index (χ3n) is 3.49. The first kappa shape index (κ1) is 14.7. The first-order valence-electron chi connectivity index (χ1n) is 6.78. The number of nitrogens with one attached hydrogen (secondary N) is 1. The Bertz CT molecular complexity index is 556. The molecule has 1 N–H and O–H groups in total. The van der Waals surface area contributed by atoms with Crippen LogP contribution in [0.4, 0.5) is 8.78 Å². The summed E-state index contributed by atoms with van der Waals surface area (Å²) in [4.78, 5) is 0. The Kier molecular flexibility index (Phi) is 4.50. The van der Waals surface area contributed by atoms with Crippen molar-refractivity contribution >= 4 is 0 Å². The first-order valence-corrected chi connectivity index (χ1v) is 6.78. The van der Waals surface area contributed by atoms with Crippen molar-refractivity contribution in [3.05, 3.63) is 70.3 Å². The summed E-state index contributed by atoms with van der Waals surface area (Å²) in [6.45, 7) is 6.58. The summed E-state index contributed by atoms with van der Waals surface area (Å²) < 4.78 is 26.5. The molecule has 0 fully saturated rings. The summed E-state index contributed by atoms with van der Waals surface area (Å²) in [5.74, 6) is -0.477. The van der Waals surface area contributed by atoms with E-state index in [0.717, 1.165) is 28.8 Å². The SMILES string of the molecule is CCNC(c1ccc(F)cc1C)c1ccc(F)cc1C. The minimum absolute atomic E-state index is 0.0544. The number of halogens is 2. The standard InChI is InChI=1S/C17H19F2N/c1-4-20-17(15-7-5-13(18)9-11(15)2)16-8-6-14(19)10-12(16)3/h5-10,17,20H,4H2,1-3H3. The summed E-state index contributed by atoms with van der Waals surface area (Å²) in [5.41, 5.74) is 3.81. The van der Waals surface area contributed by atoms with Gasteiger partial charge in [-0.25, -0.2) is 8.78 Å². The maximum Gasteiger partial charge on any atom is 0.123 e. The van der Waals surface area contributed by atoms with E-state index in [1.165, 1.54) is 24.3 Å². The second-order valence-corrected chi connectivity index (χ2v) is 4.99. The predicted molar refractivity (Wildman–Crippen MR) is 77.8 cm³/mol. The van der Waals surface area contributed by atoms with Crippen molar-refractivity contribution in [2.75, 3.05) is 6.54 Å². The van der Waals surface area contributed by atoms with E-state index < -0.39 is 0 Å². The fourth-order valence-electron chi connectivity index (χ4n) is 2.52. The monoisotopic (exact) mass is 275 g/mol. The summed E-state index contributed by atoms with van der Waals surface area (Å²) >= 11 is 0. The van der Waals surface area contributed by atoms with Gasteiger partial charge in [-0.05, 0) is 66.9 Å². The summed E-state index contributed by atoms with van der Waals surface area (Å²) in [7, 11) is 0. The number of hydrogen-bond donors (Lipinski definition) is 1. The first-order chi connectivity index (χ1) is 9.52. The van der Waals surface area contributed by atoms with Crippen molar-refractivity contribution in [2.45, 2.75) is 26.8 Å². The zero-order chi connectivity index (χ0) is 14.7. The average Bonchev–Trinajstić information content (AvgIpc) is 2.37. The lowest BCUT2D eigenvalue weighted by atomic mass is 9.92. The van der Waals surface area contributed by atoms with Gasteiger partial charge in [0.1, 0.15) is 11.6 Å². The summed E-state index contributed by atoms with van der Waals surface area (Å²) in [5, 5.41) is 3.39. The maximum atomic E-state index is 13.3. The molecule has 2 rings (SSSR count). The van der Waals surface area contributed by atoms with Crippen molar-refractivity contribution < 1.29 is 8.78 Å². The number of benzene rings is 2. The van der Waals surface area contributed by atoms with E-state index in [2.05, 4.69) is 5.32 Å². The normalized spacial score (nSPS) is 11.1. The molecule has 0 aliphatic carbocycles. The number of hydrogen-bond acceptors (Lipinski definition) is 1. The van der Waals surface area contributed by atoms with Gasteiger partial charge in [0.25, 0.3) is 0 Å². The third-order valence-corrected chi connectivity index (χ3v) is 3.49. The fraction of sp³-hybridized carbons (Fsp3) is 0.294. The van der Waals surface area contributed by atoms with Crippen molar-refractivity contribution in [1.82, 2.24) is 5.32 Å². The number of aryl methyl sites for hydroxylation is 2. The Morgan fingerprint density at radius 1 is 0.900 bits per heavy atom. The fourth-order valence-corrected chi connectivity index (χ4v) is 2.52. The Balaban J connectivity index is 2.50. The van der Waals surface area contributed by atoms with Crippen molar-refractivity contribution in [1.29, 1.82) is 0 Å². The average molecular weight is 275 g/mol. The molecule has 2 aromatic rings. The molecule has 0 saturated carbocycles. The molecule has 0 bridgehead atoms. The molecule has 0 aliphatic rings. The van der Waals surface area contributed by atoms with E-state index in [9.17, 15) is 8.78 Å². The molecule has 3 heteroatoms. The largest absolute Gasteiger partial charge is 0.307 e. The molecular weight excluding hydrogens is 256 g/mol. The van der Waals surface area contributed by atoms with E-state index >= 15 is 0 Å². The van der Waals surface area contributed by atoms with Gasteiger partial charge in [0, 0.05) is 0 Å². The van der Waals surface area contributed by atoms with Gasteiger partial charge < -0.3 is 5.32 Å². The predicted octanol–water partition coefficient (Wildman–Crippen LogP) is 4.28. The Labute approximate surface area is 118 Å². The second-order valence-electron chi connectivity index (χ2n) is 4.99. The van der Waals surface area contributed by atoms with Gasteiger partial charge in [0.2, 0.25) is 0 Å². The second kappa shape index (κ2) is 6.14. The lowest BCUT2D eigenvalue weighted by molar-refractivity contribution is 0.602. The van der Waals surface area contributed by atoms with Crippen LogP contribution >= 0.6 is 0 Å². The Morgan fingerprint density at radius 3 is 1.70 bits per heavy atom. The maximum absolute atomic E-state index is 13.3. The molecule has 0 spiro atoms. The van der Waals surface area contributed by atoms with Crippen molar-refractivity contribution in [3.63, 3.8) is 0 Å². The zero-order valence-corrected chi connectivity index (χ0v) is 12.0. The molecule has 106 valence electrons. The van der Waals surface area contributed by atoms with Gasteiger partial charge in [-0.15, -0.1) is 0 Å². The molecule has 0 unspecified atom stereocenters. The molecule has 0 atom stereocenters. The highest BCUT2D eigenvalue weighted by Crippen LogP contribution is 2.28. The molecule has 20 heavy (non-hydrogen) atoms. The molecule has 0 saturated heterocycles. The Hall–Kier alpha value is -1.74. The van der Waals surface area contributed by atoms with Crippen LogP contribution in [0.2, 0.25) is 0 Å². The van der Waals surface area contributed by atoms with Crippen LogP contribution in [0.15, 0.2) is 36.4 Å². The van der Waals surface area contributed by atoms with Gasteiger partial charge >= 0.3 is 0 Å². The van der Waals surface area contributed by atoms with Crippen LogP contribution in [0.5, 0.6) is 0 Å². The minimum atomic E-state index is -0.239. The molecule has 0 amide bonds. The molecular formula is C17H19F2N. The van der Waals surface area contributed by atoms with Crippen LogP contribution in [-0.4, -0.2) is 6.54 Å². The van der Waals surface area contributed by atoms with Gasteiger partial charge in [0.05, 0.1) is 6.04 Å². The topological polar surface area (TPSA) is 12.0 Å². The van der Waals surface area contributed by atoms with E-state index in [1.807, 2.05) is 20.8 Å². The van der Waals surface area contributed by atoms with Crippen LogP contribution < -0.4 is 5.32 Å². The number of rotatable bonds is 4. The summed E-state index contributed by atoms with van der Waals surface area (Å²) in [6, 6.07) is 9.51. The van der Waals surface area contributed by atoms with E-state index in [1.54, 1.807) is 12.1 Å².